The molecule has 1 aromatic heterocycles. The van der Waals surface area contributed by atoms with Crippen molar-refractivity contribution in [1.29, 1.82) is 0 Å². The van der Waals surface area contributed by atoms with Crippen molar-refractivity contribution >= 4 is 22.7 Å². The number of hydrogen-bond acceptors (Lipinski definition) is 7. The topological polar surface area (TPSA) is 103 Å². The molecular formula is C16H24N4O3. The molecule has 0 saturated heterocycles. The maximum Gasteiger partial charge on any atom is 0.225 e. The van der Waals surface area contributed by atoms with Crippen molar-refractivity contribution in [1.82, 2.24) is 9.97 Å². The molecule has 0 spiro atoms. The quantitative estimate of drug-likeness (QED) is 0.717. The van der Waals surface area contributed by atoms with Gasteiger partial charge in [-0.05, 0) is 18.4 Å². The van der Waals surface area contributed by atoms with Crippen molar-refractivity contribution < 1.29 is 14.6 Å². The molecule has 0 aliphatic carbocycles. The van der Waals surface area contributed by atoms with E-state index in [0.29, 0.717) is 53.1 Å². The largest absolute Gasteiger partial charge is 0.493 e. The Balaban J connectivity index is 2.26. The molecule has 7 nitrogen and oxygen atoms in total. The third kappa shape index (κ3) is 4.13. The van der Waals surface area contributed by atoms with Crippen molar-refractivity contribution in [2.45, 2.75) is 26.4 Å². The third-order valence-corrected chi connectivity index (χ3v) is 3.47. The number of ether oxygens (including phenoxy) is 2. The molecule has 1 unspecified atom stereocenters. The van der Waals surface area contributed by atoms with Crippen molar-refractivity contribution in [2.24, 2.45) is 5.92 Å². The number of rotatable bonds is 7. The van der Waals surface area contributed by atoms with E-state index in [1.54, 1.807) is 26.4 Å². The first-order chi connectivity index (χ1) is 10.9. The summed E-state index contributed by atoms with van der Waals surface area (Å²) < 4.78 is 10.5. The van der Waals surface area contributed by atoms with E-state index in [4.69, 9.17) is 15.2 Å². The number of aliphatic hydroxyl groups is 1. The second kappa shape index (κ2) is 7.32. The van der Waals surface area contributed by atoms with Crippen LogP contribution in [-0.4, -0.2) is 41.9 Å². The lowest BCUT2D eigenvalue weighted by molar-refractivity contribution is 0.161. The van der Waals surface area contributed by atoms with Gasteiger partial charge in [-0.15, -0.1) is 0 Å². The summed E-state index contributed by atoms with van der Waals surface area (Å²) in [6, 6.07) is 3.50. The number of aromatic nitrogens is 2. The van der Waals surface area contributed by atoms with Crippen LogP contribution in [0.25, 0.3) is 10.9 Å². The smallest absolute Gasteiger partial charge is 0.225 e. The molecule has 2 rings (SSSR count). The highest BCUT2D eigenvalue weighted by Gasteiger charge is 2.13. The molecule has 0 amide bonds. The van der Waals surface area contributed by atoms with Crippen LogP contribution in [0.15, 0.2) is 12.1 Å². The normalized spacial score (nSPS) is 12.4. The van der Waals surface area contributed by atoms with Crippen molar-refractivity contribution in [3.63, 3.8) is 0 Å². The minimum absolute atomic E-state index is 0.344. The minimum atomic E-state index is -0.457. The van der Waals surface area contributed by atoms with Gasteiger partial charge >= 0.3 is 0 Å². The Hall–Kier alpha value is -2.28. The van der Waals surface area contributed by atoms with E-state index < -0.39 is 6.10 Å². The van der Waals surface area contributed by atoms with Gasteiger partial charge in [0.1, 0.15) is 5.82 Å². The fourth-order valence-corrected chi connectivity index (χ4v) is 2.39. The summed E-state index contributed by atoms with van der Waals surface area (Å²) in [6.45, 7) is 4.50. The Bertz CT molecular complexity index is 676. The van der Waals surface area contributed by atoms with E-state index in [2.05, 4.69) is 29.1 Å². The van der Waals surface area contributed by atoms with Gasteiger partial charge in [0.05, 0.1) is 25.8 Å². The number of hydrogen-bond donors (Lipinski definition) is 3. The van der Waals surface area contributed by atoms with E-state index in [1.807, 2.05) is 0 Å². The Labute approximate surface area is 135 Å². The zero-order valence-electron chi connectivity index (χ0n) is 14.0. The Morgan fingerprint density at radius 1 is 1.17 bits per heavy atom. The van der Waals surface area contributed by atoms with Gasteiger partial charge in [-0.1, -0.05) is 13.8 Å². The van der Waals surface area contributed by atoms with Gasteiger partial charge < -0.3 is 25.6 Å². The second-order valence-corrected chi connectivity index (χ2v) is 5.82. The SMILES string of the molecule is COc1cc2nc(NCC(O)CC(C)C)nc(N)c2cc1OC. The minimum Gasteiger partial charge on any atom is -0.493 e. The van der Waals surface area contributed by atoms with Gasteiger partial charge in [-0.3, -0.25) is 0 Å². The van der Waals surface area contributed by atoms with Crippen molar-refractivity contribution in [2.75, 3.05) is 31.8 Å². The first-order valence-corrected chi connectivity index (χ1v) is 7.55. The number of fused-ring (bicyclic) bond motifs is 1. The molecule has 1 atom stereocenters. The van der Waals surface area contributed by atoms with Gasteiger partial charge in [0.2, 0.25) is 5.95 Å². The number of benzene rings is 1. The predicted molar refractivity (Wildman–Crippen MR) is 91.0 cm³/mol. The summed E-state index contributed by atoms with van der Waals surface area (Å²) in [5.41, 5.74) is 6.66. The molecule has 4 N–H and O–H groups in total. The monoisotopic (exact) mass is 320 g/mol. The summed E-state index contributed by atoms with van der Waals surface area (Å²) in [5, 5.41) is 13.6. The predicted octanol–water partition coefficient (Wildman–Crippen LogP) is 2.05. The molecule has 23 heavy (non-hydrogen) atoms. The summed E-state index contributed by atoms with van der Waals surface area (Å²) in [5.74, 6) is 2.29. The van der Waals surface area contributed by atoms with Crippen LogP contribution in [0.4, 0.5) is 11.8 Å². The third-order valence-electron chi connectivity index (χ3n) is 3.47. The Kier molecular flexibility index (Phi) is 5.44. The summed E-state index contributed by atoms with van der Waals surface area (Å²) in [7, 11) is 3.13. The molecule has 126 valence electrons. The number of methoxy groups -OCH3 is 2. The van der Waals surface area contributed by atoms with Crippen LogP contribution < -0.4 is 20.5 Å². The van der Waals surface area contributed by atoms with Crippen LogP contribution in [0, 0.1) is 5.92 Å². The van der Waals surface area contributed by atoms with Crippen LogP contribution in [0.2, 0.25) is 0 Å². The average Bonchev–Trinajstić information content (AvgIpc) is 2.51. The van der Waals surface area contributed by atoms with Crippen LogP contribution in [0.3, 0.4) is 0 Å². The number of nitrogen functional groups attached to an aromatic ring is 1. The average molecular weight is 320 g/mol. The molecule has 2 aromatic rings. The second-order valence-electron chi connectivity index (χ2n) is 5.82. The number of aliphatic hydroxyl groups excluding tert-OH is 1. The summed E-state index contributed by atoms with van der Waals surface area (Å²) in [4.78, 5) is 8.65. The number of nitrogens with two attached hydrogens (primary N) is 1. The molecular weight excluding hydrogens is 296 g/mol. The standard InChI is InChI=1S/C16H24N4O3/c1-9(2)5-10(21)8-18-16-19-12-7-14(23-4)13(22-3)6-11(12)15(17)20-16/h6-7,9-10,21H,5,8H2,1-4H3,(H3,17,18,19,20). The van der Waals surface area contributed by atoms with Crippen molar-refractivity contribution in [3.05, 3.63) is 12.1 Å². The number of anilines is 2. The molecule has 0 aliphatic heterocycles. The molecule has 1 heterocycles. The van der Waals surface area contributed by atoms with Gasteiger partial charge in [0, 0.05) is 18.0 Å². The molecule has 0 fully saturated rings. The molecule has 7 heteroatoms. The maximum atomic E-state index is 9.93. The molecule has 0 bridgehead atoms. The first-order valence-electron chi connectivity index (χ1n) is 7.55. The number of nitrogens with zero attached hydrogens (tertiary/aromatic N) is 2. The molecule has 1 aromatic carbocycles. The highest BCUT2D eigenvalue weighted by Crippen LogP contribution is 2.33. The van der Waals surface area contributed by atoms with Crippen LogP contribution in [0.5, 0.6) is 11.5 Å². The van der Waals surface area contributed by atoms with Gasteiger partial charge in [0.25, 0.3) is 0 Å². The summed E-state index contributed by atoms with van der Waals surface area (Å²) in [6.07, 6.45) is 0.252. The van der Waals surface area contributed by atoms with Crippen LogP contribution in [-0.2, 0) is 0 Å². The fourth-order valence-electron chi connectivity index (χ4n) is 2.39. The van der Waals surface area contributed by atoms with E-state index in [0.717, 1.165) is 0 Å². The lowest BCUT2D eigenvalue weighted by Crippen LogP contribution is -2.22. The fraction of sp³-hybridized carbons (Fsp3) is 0.500. The van der Waals surface area contributed by atoms with Gasteiger partial charge in [-0.25, -0.2) is 4.98 Å². The van der Waals surface area contributed by atoms with E-state index in [1.165, 1.54) is 0 Å². The van der Waals surface area contributed by atoms with Crippen molar-refractivity contribution in [3.8, 4) is 11.5 Å². The first kappa shape index (κ1) is 17.1. The Morgan fingerprint density at radius 2 is 1.83 bits per heavy atom. The molecule has 0 aliphatic rings. The zero-order valence-corrected chi connectivity index (χ0v) is 14.0. The van der Waals surface area contributed by atoms with Crippen LogP contribution >= 0.6 is 0 Å². The lowest BCUT2D eigenvalue weighted by atomic mass is 10.1. The maximum absolute atomic E-state index is 9.93. The highest BCUT2D eigenvalue weighted by atomic mass is 16.5. The van der Waals surface area contributed by atoms with Gasteiger partial charge in [0.15, 0.2) is 11.5 Å². The van der Waals surface area contributed by atoms with E-state index >= 15 is 0 Å². The molecule has 0 saturated carbocycles. The summed E-state index contributed by atoms with van der Waals surface area (Å²) >= 11 is 0. The van der Waals surface area contributed by atoms with Crippen LogP contribution in [0.1, 0.15) is 20.3 Å². The van der Waals surface area contributed by atoms with E-state index in [9.17, 15) is 5.11 Å². The lowest BCUT2D eigenvalue weighted by Gasteiger charge is -2.15. The zero-order chi connectivity index (χ0) is 17.0. The van der Waals surface area contributed by atoms with Gasteiger partial charge in [-0.2, -0.15) is 4.98 Å². The van der Waals surface area contributed by atoms with E-state index in [-0.39, 0.29) is 0 Å². The molecule has 0 radical (unpaired) electrons. The number of nitrogens with one attached hydrogen (secondary N) is 1. The highest BCUT2D eigenvalue weighted by molar-refractivity contribution is 5.91. The Morgan fingerprint density at radius 3 is 2.43 bits per heavy atom.